The number of fused-ring (bicyclic) bond motifs is 1. The van der Waals surface area contributed by atoms with E-state index in [4.69, 9.17) is 4.74 Å². The molecule has 8 heteroatoms. The zero-order valence-electron chi connectivity index (χ0n) is 10.5. The van der Waals surface area contributed by atoms with Crippen LogP contribution in [-0.2, 0) is 0 Å². The monoisotopic (exact) mass is 270 g/mol. The molecule has 3 rings (SSSR count). The van der Waals surface area contributed by atoms with Crippen molar-refractivity contribution in [2.45, 2.75) is 0 Å². The molecule has 0 aliphatic heterocycles. The van der Waals surface area contributed by atoms with Gasteiger partial charge in [0.15, 0.2) is 0 Å². The van der Waals surface area contributed by atoms with Gasteiger partial charge in [0, 0.05) is 11.8 Å². The number of ether oxygens (including phenoxy) is 1. The van der Waals surface area contributed by atoms with E-state index in [1.54, 1.807) is 18.2 Å². The molecule has 100 valence electrons. The van der Waals surface area contributed by atoms with Crippen molar-refractivity contribution in [2.24, 2.45) is 0 Å². The number of methoxy groups -OCH3 is 1. The summed E-state index contributed by atoms with van der Waals surface area (Å²) in [4.78, 5) is 19.8. The van der Waals surface area contributed by atoms with Gasteiger partial charge in [0.2, 0.25) is 5.88 Å². The molecule has 0 atom stereocenters. The van der Waals surface area contributed by atoms with E-state index in [9.17, 15) is 4.79 Å². The normalized spacial score (nSPS) is 10.4. The van der Waals surface area contributed by atoms with Crippen LogP contribution in [0.2, 0.25) is 0 Å². The van der Waals surface area contributed by atoms with Crippen LogP contribution in [0.5, 0.6) is 5.88 Å². The fourth-order valence-electron chi connectivity index (χ4n) is 1.69. The van der Waals surface area contributed by atoms with Crippen molar-refractivity contribution in [3.8, 4) is 5.88 Å². The van der Waals surface area contributed by atoms with Crippen molar-refractivity contribution < 1.29 is 9.53 Å². The summed E-state index contributed by atoms with van der Waals surface area (Å²) < 4.78 is 4.95. The second-order valence-corrected chi connectivity index (χ2v) is 3.93. The average molecular weight is 270 g/mol. The minimum absolute atomic E-state index is 0.220. The summed E-state index contributed by atoms with van der Waals surface area (Å²) in [7, 11) is 1.47. The molecule has 3 aromatic rings. The highest BCUT2D eigenvalue weighted by atomic mass is 16.5. The summed E-state index contributed by atoms with van der Waals surface area (Å²) in [5.41, 5.74) is 2.22. The molecule has 2 aromatic heterocycles. The maximum Gasteiger partial charge on any atom is 0.274 e. The highest BCUT2D eigenvalue weighted by Gasteiger charge is 2.10. The van der Waals surface area contributed by atoms with Crippen LogP contribution in [0.25, 0.3) is 11.0 Å². The molecular formula is C12H10N6O2. The van der Waals surface area contributed by atoms with Crippen LogP contribution in [0.15, 0.2) is 30.6 Å². The molecule has 8 nitrogen and oxygen atoms in total. The molecule has 1 aromatic carbocycles. The Morgan fingerprint density at radius 1 is 1.20 bits per heavy atom. The summed E-state index contributed by atoms with van der Waals surface area (Å²) >= 11 is 0. The number of amides is 1. The van der Waals surface area contributed by atoms with Gasteiger partial charge in [-0.1, -0.05) is 0 Å². The fourth-order valence-corrected chi connectivity index (χ4v) is 1.69. The van der Waals surface area contributed by atoms with Crippen LogP contribution in [0, 0.1) is 0 Å². The number of benzene rings is 1. The molecule has 20 heavy (non-hydrogen) atoms. The zero-order chi connectivity index (χ0) is 13.9. The number of carbonyl (C=O) groups is 1. The summed E-state index contributed by atoms with van der Waals surface area (Å²) in [6.07, 6.45) is 1.27. The summed E-state index contributed by atoms with van der Waals surface area (Å²) in [5.74, 6) is -0.0225. The first-order chi connectivity index (χ1) is 9.76. The van der Waals surface area contributed by atoms with Crippen LogP contribution in [-0.4, -0.2) is 38.4 Å². The lowest BCUT2D eigenvalue weighted by Crippen LogP contribution is -2.14. The third kappa shape index (κ3) is 2.26. The Labute approximate surface area is 113 Å². The Hall–Kier alpha value is -3.03. The minimum atomic E-state index is -0.353. The first kappa shape index (κ1) is 12.0. The second-order valence-electron chi connectivity index (χ2n) is 3.93. The van der Waals surface area contributed by atoms with E-state index in [0.29, 0.717) is 17.1 Å². The number of aromatic nitrogens is 5. The molecule has 0 aliphatic rings. The number of aromatic amines is 1. The summed E-state index contributed by atoms with van der Waals surface area (Å²) in [5, 5.41) is 13.1. The Kier molecular flexibility index (Phi) is 2.96. The van der Waals surface area contributed by atoms with Gasteiger partial charge in [-0.25, -0.2) is 9.97 Å². The van der Waals surface area contributed by atoms with Gasteiger partial charge < -0.3 is 10.1 Å². The number of hydrogen-bond acceptors (Lipinski definition) is 6. The topological polar surface area (TPSA) is 106 Å². The third-order valence-electron chi connectivity index (χ3n) is 2.66. The van der Waals surface area contributed by atoms with Crippen LogP contribution in [0.3, 0.4) is 0 Å². The number of H-pyrrole nitrogens is 1. The molecule has 0 fully saturated rings. The Bertz CT molecular complexity index is 769. The van der Waals surface area contributed by atoms with Crippen molar-refractivity contribution >= 4 is 22.6 Å². The number of hydrogen-bond donors (Lipinski definition) is 2. The summed E-state index contributed by atoms with van der Waals surface area (Å²) in [6, 6.07) is 6.68. The second kappa shape index (κ2) is 4.92. The molecule has 0 spiro atoms. The predicted molar refractivity (Wildman–Crippen MR) is 70.4 cm³/mol. The lowest BCUT2D eigenvalue weighted by molar-refractivity contribution is 0.102. The first-order valence-electron chi connectivity index (χ1n) is 5.74. The Morgan fingerprint density at radius 3 is 2.90 bits per heavy atom. The van der Waals surface area contributed by atoms with E-state index in [1.807, 2.05) is 0 Å². The van der Waals surface area contributed by atoms with Gasteiger partial charge in [-0.2, -0.15) is 15.4 Å². The lowest BCUT2D eigenvalue weighted by Gasteiger charge is -2.05. The van der Waals surface area contributed by atoms with Crippen molar-refractivity contribution in [1.82, 2.24) is 25.4 Å². The van der Waals surface area contributed by atoms with Crippen LogP contribution in [0.1, 0.15) is 10.5 Å². The minimum Gasteiger partial charge on any atom is -0.481 e. The number of nitrogens with zero attached hydrogens (tertiary/aromatic N) is 4. The third-order valence-corrected chi connectivity index (χ3v) is 2.66. The standard InChI is InChI=1S/C12H10N6O2/c1-20-11-5-10(13-6-14-11)12(19)15-7-2-3-8-9(4-7)17-18-16-8/h2-6H,1H3,(H,15,19)(H,16,17,18). The van der Waals surface area contributed by atoms with Gasteiger partial charge in [-0.3, -0.25) is 4.79 Å². The Morgan fingerprint density at radius 2 is 2.05 bits per heavy atom. The molecule has 0 aliphatic carbocycles. The van der Waals surface area contributed by atoms with Gasteiger partial charge in [0.25, 0.3) is 5.91 Å². The quantitative estimate of drug-likeness (QED) is 0.735. The van der Waals surface area contributed by atoms with Crippen molar-refractivity contribution in [2.75, 3.05) is 12.4 Å². The van der Waals surface area contributed by atoms with E-state index in [1.165, 1.54) is 19.5 Å². The van der Waals surface area contributed by atoms with E-state index in [0.717, 1.165) is 5.52 Å². The highest BCUT2D eigenvalue weighted by molar-refractivity contribution is 6.03. The van der Waals surface area contributed by atoms with Crippen molar-refractivity contribution in [1.29, 1.82) is 0 Å². The van der Waals surface area contributed by atoms with Crippen LogP contribution >= 0.6 is 0 Å². The van der Waals surface area contributed by atoms with Gasteiger partial charge in [0.1, 0.15) is 23.1 Å². The van der Waals surface area contributed by atoms with Gasteiger partial charge in [-0.05, 0) is 18.2 Å². The molecule has 0 bridgehead atoms. The smallest absolute Gasteiger partial charge is 0.274 e. The number of anilines is 1. The zero-order valence-corrected chi connectivity index (χ0v) is 10.5. The molecule has 1 amide bonds. The maximum absolute atomic E-state index is 12.1. The maximum atomic E-state index is 12.1. The molecule has 0 unspecified atom stereocenters. The van der Waals surface area contributed by atoms with Crippen molar-refractivity contribution in [3.05, 3.63) is 36.3 Å². The van der Waals surface area contributed by atoms with Gasteiger partial charge in [0.05, 0.1) is 7.11 Å². The summed E-state index contributed by atoms with van der Waals surface area (Å²) in [6.45, 7) is 0. The largest absolute Gasteiger partial charge is 0.481 e. The van der Waals surface area contributed by atoms with Gasteiger partial charge in [-0.15, -0.1) is 0 Å². The number of nitrogens with one attached hydrogen (secondary N) is 2. The predicted octanol–water partition coefficient (Wildman–Crippen LogP) is 1.01. The van der Waals surface area contributed by atoms with Gasteiger partial charge >= 0.3 is 0 Å². The van der Waals surface area contributed by atoms with E-state index < -0.39 is 0 Å². The van der Waals surface area contributed by atoms with Crippen molar-refractivity contribution in [3.63, 3.8) is 0 Å². The Balaban J connectivity index is 1.83. The molecule has 0 saturated heterocycles. The number of carbonyl (C=O) groups excluding carboxylic acids is 1. The van der Waals surface area contributed by atoms with E-state index in [2.05, 4.69) is 30.7 Å². The fraction of sp³-hybridized carbons (Fsp3) is 0.0833. The first-order valence-corrected chi connectivity index (χ1v) is 5.74. The SMILES string of the molecule is COc1cc(C(=O)Nc2ccc3n[nH]nc3c2)ncn1. The van der Waals surface area contributed by atoms with Crippen LogP contribution < -0.4 is 10.1 Å². The average Bonchev–Trinajstić information content (AvgIpc) is 2.95. The molecule has 0 radical (unpaired) electrons. The molecule has 2 heterocycles. The van der Waals surface area contributed by atoms with E-state index >= 15 is 0 Å². The lowest BCUT2D eigenvalue weighted by atomic mass is 10.2. The molecule has 0 saturated carbocycles. The van der Waals surface area contributed by atoms with E-state index in [-0.39, 0.29) is 11.6 Å². The van der Waals surface area contributed by atoms with Crippen LogP contribution in [0.4, 0.5) is 5.69 Å². The number of rotatable bonds is 3. The highest BCUT2D eigenvalue weighted by Crippen LogP contribution is 2.16. The molecule has 2 N–H and O–H groups in total. The molecular weight excluding hydrogens is 260 g/mol.